The Kier molecular flexibility index (Phi) is 2.31. The Morgan fingerprint density at radius 1 is 1.35 bits per heavy atom. The van der Waals surface area contributed by atoms with E-state index in [-0.39, 0.29) is 0 Å². The molecule has 6 heteroatoms. The first-order valence-electron chi connectivity index (χ1n) is 5.15. The molecule has 0 aliphatic carbocycles. The lowest BCUT2D eigenvalue weighted by atomic mass is 10.2. The molecule has 0 amide bonds. The van der Waals surface area contributed by atoms with Crippen LogP contribution in [0.4, 0.5) is 5.82 Å². The maximum Gasteiger partial charge on any atom is 0.151 e. The molecule has 0 saturated heterocycles. The van der Waals surface area contributed by atoms with Crippen LogP contribution in [0.3, 0.4) is 0 Å². The van der Waals surface area contributed by atoms with Crippen molar-refractivity contribution in [1.29, 1.82) is 0 Å². The van der Waals surface area contributed by atoms with Gasteiger partial charge < -0.3 is 10.4 Å². The molecule has 1 aromatic carbocycles. The third-order valence-electron chi connectivity index (χ3n) is 2.50. The quantitative estimate of drug-likeness (QED) is 0.478. The molecule has 0 spiro atoms. The van der Waals surface area contributed by atoms with Gasteiger partial charge in [-0.3, -0.25) is 0 Å². The van der Waals surface area contributed by atoms with Gasteiger partial charge in [0.05, 0.1) is 11.0 Å². The van der Waals surface area contributed by atoms with Crippen molar-refractivity contribution in [3.8, 4) is 10.6 Å². The van der Waals surface area contributed by atoms with E-state index in [0.717, 1.165) is 27.4 Å². The number of fused-ring (bicyclic) bond motifs is 1. The van der Waals surface area contributed by atoms with E-state index in [0.29, 0.717) is 5.82 Å². The Labute approximate surface area is 102 Å². The van der Waals surface area contributed by atoms with E-state index in [2.05, 4.69) is 26.4 Å². The predicted octanol–water partition coefficient (Wildman–Crippen LogP) is 2.28. The van der Waals surface area contributed by atoms with Crippen LogP contribution in [-0.4, -0.2) is 15.0 Å². The minimum Gasteiger partial charge on any atom is -0.342 e. The molecular formula is C11H11N5S. The average molecular weight is 245 g/mol. The molecule has 86 valence electrons. The van der Waals surface area contributed by atoms with Gasteiger partial charge in [-0.2, -0.15) is 0 Å². The van der Waals surface area contributed by atoms with Crippen molar-refractivity contribution in [2.24, 2.45) is 5.84 Å². The van der Waals surface area contributed by atoms with Crippen molar-refractivity contribution < 1.29 is 0 Å². The number of anilines is 1. The lowest BCUT2D eigenvalue weighted by molar-refractivity contribution is 1.17. The van der Waals surface area contributed by atoms with Gasteiger partial charge >= 0.3 is 0 Å². The highest BCUT2D eigenvalue weighted by atomic mass is 32.1. The van der Waals surface area contributed by atoms with Gasteiger partial charge in [0.15, 0.2) is 5.82 Å². The van der Waals surface area contributed by atoms with Crippen molar-refractivity contribution >= 4 is 28.2 Å². The van der Waals surface area contributed by atoms with E-state index in [1.807, 2.05) is 24.4 Å². The summed E-state index contributed by atoms with van der Waals surface area (Å²) in [6.45, 7) is 1.94. The van der Waals surface area contributed by atoms with Gasteiger partial charge in [-0.25, -0.2) is 15.8 Å². The molecule has 0 aliphatic rings. The van der Waals surface area contributed by atoms with Crippen LogP contribution >= 0.6 is 11.3 Å². The minimum absolute atomic E-state index is 0.686. The molecule has 0 unspecified atom stereocenters. The highest BCUT2D eigenvalue weighted by molar-refractivity contribution is 7.13. The molecule has 0 saturated carbocycles. The topological polar surface area (TPSA) is 79.6 Å². The molecular weight excluding hydrogens is 234 g/mol. The van der Waals surface area contributed by atoms with E-state index in [9.17, 15) is 0 Å². The molecule has 0 fully saturated rings. The number of aromatic nitrogens is 3. The molecule has 0 atom stereocenters. The summed E-state index contributed by atoms with van der Waals surface area (Å²) in [5.74, 6) is 6.92. The van der Waals surface area contributed by atoms with Gasteiger partial charge in [0, 0.05) is 10.9 Å². The van der Waals surface area contributed by atoms with Crippen molar-refractivity contribution in [2.75, 3.05) is 5.43 Å². The molecule has 4 N–H and O–H groups in total. The van der Waals surface area contributed by atoms with Gasteiger partial charge in [0.1, 0.15) is 10.8 Å². The number of nitrogens with zero attached hydrogens (tertiary/aromatic N) is 2. The van der Waals surface area contributed by atoms with Crippen molar-refractivity contribution in [1.82, 2.24) is 15.0 Å². The number of nitrogen functional groups attached to an aromatic ring is 1. The Morgan fingerprint density at radius 3 is 3.00 bits per heavy atom. The van der Waals surface area contributed by atoms with Gasteiger partial charge in [-0.1, -0.05) is 0 Å². The minimum atomic E-state index is 0.686. The highest BCUT2D eigenvalue weighted by Gasteiger charge is 2.06. The van der Waals surface area contributed by atoms with Gasteiger partial charge in [0.25, 0.3) is 0 Å². The Hall–Kier alpha value is -1.92. The molecule has 0 radical (unpaired) electrons. The normalized spacial score (nSPS) is 10.9. The fourth-order valence-electron chi connectivity index (χ4n) is 1.74. The largest absolute Gasteiger partial charge is 0.342 e. The number of nitrogens with one attached hydrogen (secondary N) is 2. The number of hydrogen-bond donors (Lipinski definition) is 3. The number of aromatic amines is 1. The summed E-state index contributed by atoms with van der Waals surface area (Å²) in [5.41, 5.74) is 5.60. The van der Waals surface area contributed by atoms with Gasteiger partial charge in [-0.05, 0) is 25.1 Å². The smallest absolute Gasteiger partial charge is 0.151 e. The van der Waals surface area contributed by atoms with Crippen LogP contribution in [0.2, 0.25) is 0 Å². The summed E-state index contributed by atoms with van der Waals surface area (Å²) in [6, 6.07) is 6.06. The van der Waals surface area contributed by atoms with Crippen molar-refractivity contribution in [2.45, 2.75) is 6.92 Å². The number of aryl methyl sites for hydroxylation is 1. The summed E-state index contributed by atoms with van der Waals surface area (Å²) >= 11 is 1.55. The zero-order valence-corrected chi connectivity index (χ0v) is 10.0. The zero-order valence-electron chi connectivity index (χ0n) is 9.19. The first-order chi connectivity index (χ1) is 8.26. The Morgan fingerprint density at radius 2 is 2.24 bits per heavy atom. The summed E-state index contributed by atoms with van der Waals surface area (Å²) in [4.78, 5) is 11.9. The molecule has 2 aromatic heterocycles. The standard InChI is InChI=1S/C11H11N5S/c1-6-13-8-3-2-7(4-9(8)14-6)11-15-10(16-12)5-17-11/h2-5,16H,12H2,1H3,(H,13,14). The first-order valence-corrected chi connectivity index (χ1v) is 6.03. The number of H-pyrrole nitrogens is 1. The Balaban J connectivity index is 2.10. The second-order valence-corrected chi connectivity index (χ2v) is 4.59. The highest BCUT2D eigenvalue weighted by Crippen LogP contribution is 2.27. The number of rotatable bonds is 2. The number of nitrogens with two attached hydrogens (primary N) is 1. The molecule has 5 nitrogen and oxygen atoms in total. The fraction of sp³-hybridized carbons (Fsp3) is 0.0909. The number of thiazole rings is 1. The summed E-state index contributed by atoms with van der Waals surface area (Å²) < 4.78 is 0. The number of imidazole rings is 1. The predicted molar refractivity (Wildman–Crippen MR) is 69.7 cm³/mol. The monoisotopic (exact) mass is 245 g/mol. The lowest BCUT2D eigenvalue weighted by Gasteiger charge is -1.96. The van der Waals surface area contributed by atoms with Crippen molar-refractivity contribution in [3.63, 3.8) is 0 Å². The molecule has 0 aliphatic heterocycles. The van der Waals surface area contributed by atoms with Crippen molar-refractivity contribution in [3.05, 3.63) is 29.4 Å². The van der Waals surface area contributed by atoms with E-state index in [1.165, 1.54) is 0 Å². The lowest BCUT2D eigenvalue weighted by Crippen LogP contribution is -2.06. The molecule has 3 rings (SSSR count). The SMILES string of the molecule is Cc1nc2ccc(-c3nc(NN)cs3)cc2[nH]1. The van der Waals surface area contributed by atoms with Crippen LogP contribution in [0.25, 0.3) is 21.6 Å². The summed E-state index contributed by atoms with van der Waals surface area (Å²) in [5, 5.41) is 2.82. The van der Waals surface area contributed by atoms with E-state index in [4.69, 9.17) is 5.84 Å². The zero-order chi connectivity index (χ0) is 11.8. The number of hydrazine groups is 1. The van der Waals surface area contributed by atoms with Crippen LogP contribution in [0.5, 0.6) is 0 Å². The van der Waals surface area contributed by atoms with E-state index < -0.39 is 0 Å². The molecule has 17 heavy (non-hydrogen) atoms. The van der Waals surface area contributed by atoms with Crippen LogP contribution in [0.1, 0.15) is 5.82 Å². The maximum atomic E-state index is 5.31. The van der Waals surface area contributed by atoms with Crippen LogP contribution in [0.15, 0.2) is 23.6 Å². The molecule has 2 heterocycles. The average Bonchev–Trinajstić information content (AvgIpc) is 2.92. The second kappa shape index (κ2) is 3.83. The molecule has 3 aromatic rings. The second-order valence-electron chi connectivity index (χ2n) is 3.74. The third kappa shape index (κ3) is 1.77. The number of benzene rings is 1. The summed E-state index contributed by atoms with van der Waals surface area (Å²) in [6.07, 6.45) is 0. The van der Waals surface area contributed by atoms with Crippen LogP contribution < -0.4 is 11.3 Å². The van der Waals surface area contributed by atoms with Gasteiger partial charge in [-0.15, -0.1) is 11.3 Å². The third-order valence-corrected chi connectivity index (χ3v) is 3.39. The van der Waals surface area contributed by atoms with Crippen LogP contribution in [0, 0.1) is 6.92 Å². The molecule has 0 bridgehead atoms. The van der Waals surface area contributed by atoms with Gasteiger partial charge in [0.2, 0.25) is 0 Å². The fourth-order valence-corrected chi connectivity index (χ4v) is 2.50. The Bertz CT molecular complexity index is 669. The van der Waals surface area contributed by atoms with E-state index in [1.54, 1.807) is 11.3 Å². The first kappa shape index (κ1) is 10.2. The maximum absolute atomic E-state index is 5.31. The number of hydrogen-bond acceptors (Lipinski definition) is 5. The van der Waals surface area contributed by atoms with Crippen LogP contribution in [-0.2, 0) is 0 Å². The van der Waals surface area contributed by atoms with E-state index >= 15 is 0 Å². The summed E-state index contributed by atoms with van der Waals surface area (Å²) in [7, 11) is 0.